The van der Waals surface area contributed by atoms with Gasteiger partial charge in [0.15, 0.2) is 5.58 Å². The SMILES string of the molecule is O=c1nc2oc3c(Cl)cc(Cl)cc3cc-2s1. The monoisotopic (exact) mass is 271 g/mol. The number of nitrogens with zero attached hydrogens (tertiary/aromatic N) is 1. The van der Waals surface area contributed by atoms with Crippen LogP contribution in [-0.4, -0.2) is 4.98 Å². The Morgan fingerprint density at radius 1 is 1.25 bits per heavy atom. The van der Waals surface area contributed by atoms with Gasteiger partial charge in [-0.15, -0.1) is 0 Å². The maximum atomic E-state index is 11.1. The highest BCUT2D eigenvalue weighted by Crippen LogP contribution is 2.34. The van der Waals surface area contributed by atoms with Crippen LogP contribution in [0.25, 0.3) is 21.7 Å². The minimum absolute atomic E-state index is 0.281. The molecule has 0 aliphatic carbocycles. The number of rotatable bonds is 0. The Morgan fingerprint density at radius 2 is 2.06 bits per heavy atom. The molecule has 0 amide bonds. The first kappa shape index (κ1) is 10.1. The van der Waals surface area contributed by atoms with E-state index in [1.807, 2.05) is 0 Å². The normalized spacial score (nSPS) is 11.4. The summed E-state index contributed by atoms with van der Waals surface area (Å²) in [6, 6.07) is 5.12. The molecule has 1 aromatic rings. The van der Waals surface area contributed by atoms with E-state index in [-0.39, 0.29) is 4.87 Å². The average molecular weight is 272 g/mol. The summed E-state index contributed by atoms with van der Waals surface area (Å²) in [6.45, 7) is 0. The Kier molecular flexibility index (Phi) is 2.17. The molecule has 16 heavy (non-hydrogen) atoms. The number of fused-ring (bicyclic) bond motifs is 2. The first-order valence-corrected chi connectivity index (χ1v) is 5.90. The third-order valence-corrected chi connectivity index (χ3v) is 3.40. The fourth-order valence-electron chi connectivity index (χ4n) is 1.50. The molecule has 0 spiro atoms. The number of hydrogen-bond acceptors (Lipinski definition) is 4. The second-order valence-electron chi connectivity index (χ2n) is 3.20. The summed E-state index contributed by atoms with van der Waals surface area (Å²) < 4.78 is 5.46. The van der Waals surface area contributed by atoms with Gasteiger partial charge in [0.25, 0.3) is 0 Å². The molecule has 2 aliphatic rings. The van der Waals surface area contributed by atoms with E-state index in [4.69, 9.17) is 27.6 Å². The highest BCUT2D eigenvalue weighted by molar-refractivity contribution is 7.13. The van der Waals surface area contributed by atoms with Gasteiger partial charge in [-0.25, -0.2) is 0 Å². The zero-order chi connectivity index (χ0) is 11.3. The van der Waals surface area contributed by atoms with Crippen LogP contribution in [0, 0.1) is 0 Å². The van der Waals surface area contributed by atoms with Crippen LogP contribution >= 0.6 is 34.5 Å². The summed E-state index contributed by atoms with van der Waals surface area (Å²) in [5.74, 6) is 0.312. The van der Waals surface area contributed by atoms with Crippen molar-refractivity contribution in [3.05, 3.63) is 37.9 Å². The first-order chi connectivity index (χ1) is 7.63. The van der Waals surface area contributed by atoms with Crippen LogP contribution < -0.4 is 4.87 Å². The molecular weight excluding hydrogens is 269 g/mol. The van der Waals surface area contributed by atoms with Crippen molar-refractivity contribution < 1.29 is 4.42 Å². The van der Waals surface area contributed by atoms with E-state index in [9.17, 15) is 4.79 Å². The number of benzene rings is 1. The van der Waals surface area contributed by atoms with Crippen molar-refractivity contribution in [3.63, 3.8) is 0 Å². The summed E-state index contributed by atoms with van der Waals surface area (Å²) in [4.78, 5) is 15.2. The van der Waals surface area contributed by atoms with Gasteiger partial charge in [-0.3, -0.25) is 4.79 Å². The van der Waals surface area contributed by atoms with E-state index in [2.05, 4.69) is 4.98 Å². The van der Waals surface area contributed by atoms with Crippen LogP contribution in [0.2, 0.25) is 10.0 Å². The van der Waals surface area contributed by atoms with Crippen molar-refractivity contribution in [2.75, 3.05) is 0 Å². The lowest BCUT2D eigenvalue weighted by atomic mass is 10.2. The van der Waals surface area contributed by atoms with Gasteiger partial charge in [-0.1, -0.05) is 34.5 Å². The Morgan fingerprint density at radius 3 is 2.88 bits per heavy atom. The number of hydrogen-bond donors (Lipinski definition) is 0. The molecule has 2 aliphatic heterocycles. The van der Waals surface area contributed by atoms with Crippen LogP contribution in [0.5, 0.6) is 0 Å². The smallest absolute Gasteiger partial charge is 0.330 e. The third kappa shape index (κ3) is 1.50. The topological polar surface area (TPSA) is 43.1 Å². The molecular formula is C10H3Cl2NO2S. The largest absolute Gasteiger partial charge is 0.435 e. The van der Waals surface area contributed by atoms with Crippen molar-refractivity contribution >= 4 is 45.5 Å². The predicted octanol–water partition coefficient (Wildman–Crippen LogP) is 3.66. The van der Waals surface area contributed by atoms with Crippen LogP contribution in [0.15, 0.2) is 27.4 Å². The fourth-order valence-corrected chi connectivity index (χ4v) is 2.72. The maximum absolute atomic E-state index is 11.1. The molecule has 0 fully saturated rings. The Hall–Kier alpha value is -1.10. The molecule has 0 radical (unpaired) electrons. The van der Waals surface area contributed by atoms with Crippen LogP contribution in [0.3, 0.4) is 0 Å². The van der Waals surface area contributed by atoms with Crippen molar-refractivity contribution in [2.45, 2.75) is 0 Å². The molecule has 0 saturated carbocycles. The van der Waals surface area contributed by atoms with Gasteiger partial charge in [-0.2, -0.15) is 4.98 Å². The molecule has 6 heteroatoms. The predicted molar refractivity (Wildman–Crippen MR) is 64.8 cm³/mol. The molecule has 0 saturated heterocycles. The number of halogens is 2. The molecule has 0 bridgehead atoms. The summed E-state index contributed by atoms with van der Waals surface area (Å²) in [5, 5.41) is 1.69. The van der Waals surface area contributed by atoms with Crippen LogP contribution in [0.4, 0.5) is 0 Å². The van der Waals surface area contributed by atoms with Crippen molar-refractivity contribution in [2.24, 2.45) is 0 Å². The molecule has 3 rings (SSSR count). The van der Waals surface area contributed by atoms with Crippen LogP contribution in [-0.2, 0) is 0 Å². The lowest BCUT2D eigenvalue weighted by Gasteiger charge is -2.03. The van der Waals surface area contributed by atoms with Crippen molar-refractivity contribution in [1.29, 1.82) is 0 Å². The van der Waals surface area contributed by atoms with Crippen molar-refractivity contribution in [3.8, 4) is 10.8 Å². The van der Waals surface area contributed by atoms with Gasteiger partial charge < -0.3 is 4.42 Å². The third-order valence-electron chi connectivity index (χ3n) is 2.12. The summed E-state index contributed by atoms with van der Waals surface area (Å²) in [6.07, 6.45) is 0. The summed E-state index contributed by atoms with van der Waals surface area (Å²) in [7, 11) is 0. The summed E-state index contributed by atoms with van der Waals surface area (Å²) in [5.41, 5.74) is 0.490. The highest BCUT2D eigenvalue weighted by atomic mass is 35.5. The zero-order valence-corrected chi connectivity index (χ0v) is 9.99. The Bertz CT molecular complexity index is 719. The summed E-state index contributed by atoms with van der Waals surface area (Å²) >= 11 is 12.9. The highest BCUT2D eigenvalue weighted by Gasteiger charge is 2.14. The molecule has 0 N–H and O–H groups in total. The minimum atomic E-state index is -0.281. The second kappa shape index (κ2) is 3.45. The first-order valence-electron chi connectivity index (χ1n) is 4.33. The molecule has 0 unspecified atom stereocenters. The lowest BCUT2D eigenvalue weighted by Crippen LogP contribution is -1.90. The number of thiazole rings is 1. The van der Waals surface area contributed by atoms with Gasteiger partial charge in [0, 0.05) is 10.4 Å². The molecule has 0 atom stereocenters. The van der Waals surface area contributed by atoms with E-state index in [1.54, 1.807) is 18.2 Å². The molecule has 0 aromatic heterocycles. The lowest BCUT2D eigenvalue weighted by molar-refractivity contribution is 0.603. The quantitative estimate of drug-likeness (QED) is 0.627. The molecule has 1 aromatic carbocycles. The van der Waals surface area contributed by atoms with Gasteiger partial charge in [0.05, 0.1) is 9.90 Å². The van der Waals surface area contributed by atoms with E-state index in [1.165, 1.54) is 0 Å². The standard InChI is InChI=1S/C10H3Cl2NO2S/c11-5-1-4-2-7-9(13-10(14)16-7)15-8(4)6(12)3-5/h1-3H. The molecule has 2 heterocycles. The van der Waals surface area contributed by atoms with E-state index in [0.29, 0.717) is 26.4 Å². The van der Waals surface area contributed by atoms with E-state index in [0.717, 1.165) is 16.7 Å². The minimum Gasteiger partial charge on any atom is -0.435 e. The maximum Gasteiger partial charge on any atom is 0.330 e. The molecule has 80 valence electrons. The molecule has 3 nitrogen and oxygen atoms in total. The van der Waals surface area contributed by atoms with Crippen molar-refractivity contribution in [1.82, 2.24) is 4.98 Å². The number of aromatic nitrogens is 1. The van der Waals surface area contributed by atoms with E-state index >= 15 is 0 Å². The van der Waals surface area contributed by atoms with E-state index < -0.39 is 0 Å². The van der Waals surface area contributed by atoms with Gasteiger partial charge >= 0.3 is 4.87 Å². The zero-order valence-electron chi connectivity index (χ0n) is 7.66. The average Bonchev–Trinajstić information content (AvgIpc) is 2.54. The van der Waals surface area contributed by atoms with Gasteiger partial charge in [0.1, 0.15) is 0 Å². The Labute approximate surface area is 104 Å². The Balaban J connectivity index is 2.52. The van der Waals surface area contributed by atoms with Gasteiger partial charge in [-0.05, 0) is 18.2 Å². The van der Waals surface area contributed by atoms with Gasteiger partial charge in [0.2, 0.25) is 5.89 Å². The second-order valence-corrected chi connectivity index (χ2v) is 5.04. The van der Waals surface area contributed by atoms with Crippen LogP contribution in [0.1, 0.15) is 0 Å². The fraction of sp³-hybridized carbons (Fsp3) is 0.